The number of hydrogen-bond acceptors (Lipinski definition) is 5. The van der Waals surface area contributed by atoms with E-state index in [-0.39, 0.29) is 11.6 Å². The molecule has 1 aromatic carbocycles. The first-order valence-corrected chi connectivity index (χ1v) is 9.26. The third-order valence-corrected chi connectivity index (χ3v) is 4.67. The molecule has 0 spiro atoms. The molecule has 0 aliphatic carbocycles. The number of esters is 1. The first kappa shape index (κ1) is 18.6. The second kappa shape index (κ2) is 7.35. The van der Waals surface area contributed by atoms with E-state index >= 15 is 0 Å². The number of methoxy groups -OCH3 is 1. The number of benzene rings is 1. The second-order valence-corrected chi connectivity index (χ2v) is 6.92. The van der Waals surface area contributed by atoms with Crippen LogP contribution < -0.4 is 5.56 Å². The Kier molecular flexibility index (Phi) is 4.72. The zero-order chi connectivity index (χ0) is 20.5. The smallest absolute Gasteiger partial charge is 0.339 e. The third kappa shape index (κ3) is 3.31. The number of pyridine rings is 1. The lowest BCUT2D eigenvalue weighted by Crippen LogP contribution is -2.23. The van der Waals surface area contributed by atoms with Crippen LogP contribution in [0.3, 0.4) is 0 Å². The Labute approximate surface area is 167 Å². The van der Waals surface area contributed by atoms with Gasteiger partial charge in [-0.05, 0) is 32.0 Å². The largest absolute Gasteiger partial charge is 0.465 e. The maximum atomic E-state index is 12.2. The summed E-state index contributed by atoms with van der Waals surface area (Å²) in [6.45, 7) is 3.82. The number of carbonyl (C=O) groups is 1. The van der Waals surface area contributed by atoms with Crippen LogP contribution in [0.5, 0.6) is 0 Å². The predicted octanol–water partition coefficient (Wildman–Crippen LogP) is 3.59. The Hall–Kier alpha value is -3.74. The molecule has 7 nitrogen and oxygen atoms in total. The van der Waals surface area contributed by atoms with E-state index in [1.54, 1.807) is 22.8 Å². The molecule has 0 aliphatic rings. The molecule has 0 unspecified atom stereocenters. The van der Waals surface area contributed by atoms with E-state index < -0.39 is 5.97 Å². The van der Waals surface area contributed by atoms with Crippen molar-refractivity contribution < 1.29 is 9.53 Å². The highest BCUT2D eigenvalue weighted by Crippen LogP contribution is 2.34. The molecule has 0 atom stereocenters. The van der Waals surface area contributed by atoms with Crippen molar-refractivity contribution in [3.05, 3.63) is 76.7 Å². The molecule has 0 saturated heterocycles. The molecule has 0 bridgehead atoms. The monoisotopic (exact) mass is 388 g/mol. The van der Waals surface area contributed by atoms with Gasteiger partial charge >= 0.3 is 5.97 Å². The fraction of sp³-hybridized carbons (Fsp3) is 0.182. The second-order valence-electron chi connectivity index (χ2n) is 6.92. The summed E-state index contributed by atoms with van der Waals surface area (Å²) in [7, 11) is 1.34. The molecule has 3 heterocycles. The molecule has 146 valence electrons. The van der Waals surface area contributed by atoms with Crippen LogP contribution in [0.4, 0.5) is 0 Å². The molecule has 3 aromatic heterocycles. The fourth-order valence-corrected chi connectivity index (χ4v) is 3.27. The number of nitrogens with zero attached hydrogens (tertiary/aromatic N) is 4. The lowest BCUT2D eigenvalue weighted by molar-refractivity contribution is 0.0600. The number of rotatable bonds is 4. The van der Waals surface area contributed by atoms with E-state index in [1.165, 1.54) is 17.9 Å². The topological polar surface area (TPSA) is 78.5 Å². The van der Waals surface area contributed by atoms with E-state index in [0.717, 1.165) is 16.6 Å². The van der Waals surface area contributed by atoms with Gasteiger partial charge in [0.25, 0.3) is 5.56 Å². The van der Waals surface area contributed by atoms with Crippen molar-refractivity contribution in [2.45, 2.75) is 19.9 Å². The summed E-state index contributed by atoms with van der Waals surface area (Å²) < 4.78 is 7.92. The molecule has 0 radical (unpaired) electrons. The molecule has 7 heteroatoms. The van der Waals surface area contributed by atoms with Crippen LogP contribution in [0, 0.1) is 0 Å². The molecule has 0 amide bonds. The first-order valence-electron chi connectivity index (χ1n) is 9.26. The summed E-state index contributed by atoms with van der Waals surface area (Å²) in [6, 6.07) is 16.4. The van der Waals surface area contributed by atoms with E-state index in [9.17, 15) is 9.59 Å². The zero-order valence-corrected chi connectivity index (χ0v) is 16.4. The summed E-state index contributed by atoms with van der Waals surface area (Å²) in [5.41, 5.74) is 4.07. The van der Waals surface area contributed by atoms with Gasteiger partial charge < -0.3 is 4.74 Å². The van der Waals surface area contributed by atoms with Crippen molar-refractivity contribution in [1.29, 1.82) is 0 Å². The average Bonchev–Trinajstić information content (AvgIpc) is 3.12. The van der Waals surface area contributed by atoms with Gasteiger partial charge in [0, 0.05) is 17.8 Å². The van der Waals surface area contributed by atoms with Gasteiger partial charge in [0.1, 0.15) is 5.69 Å². The summed E-state index contributed by atoms with van der Waals surface area (Å²) in [4.78, 5) is 24.1. The summed E-state index contributed by atoms with van der Waals surface area (Å²) >= 11 is 0. The normalized spacial score (nSPS) is 11.2. The average molecular weight is 388 g/mol. The minimum atomic E-state index is -0.434. The standard InChI is InChI=1S/C22H20N4O3/c1-14(2)26-19(27)12-10-17(23-26)20-18-11-9-16(22(28)29-3)13-25(18)24-21(20)15-7-5-4-6-8-15/h4-14H,1-3H3. The molecule has 0 aliphatic heterocycles. The van der Waals surface area contributed by atoms with Crippen molar-refractivity contribution in [3.63, 3.8) is 0 Å². The predicted molar refractivity (Wildman–Crippen MR) is 110 cm³/mol. The quantitative estimate of drug-likeness (QED) is 0.499. The van der Waals surface area contributed by atoms with Gasteiger partial charge in [-0.3, -0.25) is 4.79 Å². The molecule has 0 fully saturated rings. The van der Waals surface area contributed by atoms with Gasteiger partial charge in [-0.15, -0.1) is 0 Å². The Morgan fingerprint density at radius 3 is 2.45 bits per heavy atom. The highest BCUT2D eigenvalue weighted by Gasteiger charge is 2.20. The number of aromatic nitrogens is 4. The lowest BCUT2D eigenvalue weighted by Gasteiger charge is -2.10. The number of ether oxygens (including phenoxy) is 1. The van der Waals surface area contributed by atoms with Crippen molar-refractivity contribution in [3.8, 4) is 22.5 Å². The van der Waals surface area contributed by atoms with Gasteiger partial charge in [0.05, 0.1) is 35.5 Å². The van der Waals surface area contributed by atoms with Gasteiger partial charge in [-0.25, -0.2) is 14.0 Å². The minimum absolute atomic E-state index is 0.0737. The highest BCUT2D eigenvalue weighted by atomic mass is 16.5. The Morgan fingerprint density at radius 2 is 1.76 bits per heavy atom. The summed E-state index contributed by atoms with van der Waals surface area (Å²) in [6.07, 6.45) is 1.63. The Morgan fingerprint density at radius 1 is 1.00 bits per heavy atom. The lowest BCUT2D eigenvalue weighted by atomic mass is 10.0. The minimum Gasteiger partial charge on any atom is -0.465 e. The summed E-state index contributed by atoms with van der Waals surface area (Å²) in [5.74, 6) is -0.434. The van der Waals surface area contributed by atoms with Gasteiger partial charge in [0.15, 0.2) is 0 Å². The van der Waals surface area contributed by atoms with Crippen molar-refractivity contribution in [2.75, 3.05) is 7.11 Å². The fourth-order valence-electron chi connectivity index (χ4n) is 3.27. The molecule has 0 N–H and O–H groups in total. The van der Waals surface area contributed by atoms with Crippen LogP contribution in [0.25, 0.3) is 28.0 Å². The van der Waals surface area contributed by atoms with Crippen LogP contribution in [0.2, 0.25) is 0 Å². The molecular weight excluding hydrogens is 368 g/mol. The van der Waals surface area contributed by atoms with E-state index in [0.29, 0.717) is 17.0 Å². The SMILES string of the molecule is COC(=O)c1ccc2c(-c3ccc(=O)n(C(C)C)n3)c(-c3ccccc3)nn2c1. The number of hydrogen-bond donors (Lipinski definition) is 0. The van der Waals surface area contributed by atoms with Crippen molar-refractivity contribution in [1.82, 2.24) is 19.4 Å². The number of carbonyl (C=O) groups excluding carboxylic acids is 1. The van der Waals surface area contributed by atoms with Gasteiger partial charge in [0.2, 0.25) is 0 Å². The maximum absolute atomic E-state index is 12.2. The molecule has 0 saturated carbocycles. The first-order chi connectivity index (χ1) is 14.0. The van der Waals surface area contributed by atoms with Crippen LogP contribution in [-0.2, 0) is 4.74 Å². The molecule has 29 heavy (non-hydrogen) atoms. The van der Waals surface area contributed by atoms with Crippen LogP contribution >= 0.6 is 0 Å². The van der Waals surface area contributed by atoms with E-state index in [4.69, 9.17) is 9.84 Å². The van der Waals surface area contributed by atoms with E-state index in [2.05, 4.69) is 5.10 Å². The third-order valence-electron chi connectivity index (χ3n) is 4.67. The number of fused-ring (bicyclic) bond motifs is 1. The Bertz CT molecular complexity index is 1260. The van der Waals surface area contributed by atoms with Crippen LogP contribution in [0.1, 0.15) is 30.2 Å². The Balaban J connectivity index is 2.02. The zero-order valence-electron chi connectivity index (χ0n) is 16.4. The van der Waals surface area contributed by atoms with Crippen LogP contribution in [0.15, 0.2) is 65.6 Å². The maximum Gasteiger partial charge on any atom is 0.339 e. The molecular formula is C22H20N4O3. The van der Waals surface area contributed by atoms with E-state index in [1.807, 2.05) is 50.2 Å². The van der Waals surface area contributed by atoms with Crippen molar-refractivity contribution >= 4 is 11.5 Å². The molecule has 4 aromatic rings. The molecule has 4 rings (SSSR count). The van der Waals surface area contributed by atoms with Gasteiger partial charge in [-0.2, -0.15) is 10.2 Å². The van der Waals surface area contributed by atoms with Crippen molar-refractivity contribution in [2.24, 2.45) is 0 Å². The highest BCUT2D eigenvalue weighted by molar-refractivity contribution is 5.93. The van der Waals surface area contributed by atoms with Gasteiger partial charge in [-0.1, -0.05) is 30.3 Å². The van der Waals surface area contributed by atoms with Crippen LogP contribution in [-0.4, -0.2) is 32.5 Å². The summed E-state index contributed by atoms with van der Waals surface area (Å²) in [5, 5.41) is 9.30.